The van der Waals surface area contributed by atoms with Gasteiger partial charge >= 0.3 is 0 Å². The van der Waals surface area contributed by atoms with E-state index >= 15 is 0 Å². The first kappa shape index (κ1) is 12.8. The molecule has 0 aliphatic heterocycles. The van der Waals surface area contributed by atoms with Crippen LogP contribution in [0, 0.1) is 0 Å². The van der Waals surface area contributed by atoms with E-state index in [1.54, 1.807) is 19.9 Å². The second-order valence-electron chi connectivity index (χ2n) is 3.41. The van der Waals surface area contributed by atoms with Gasteiger partial charge in [-0.05, 0) is 26.0 Å². The molecule has 17 heavy (non-hydrogen) atoms. The molecule has 90 valence electrons. The summed E-state index contributed by atoms with van der Waals surface area (Å²) in [5.41, 5.74) is 3.27. The van der Waals surface area contributed by atoms with Crippen LogP contribution in [0.3, 0.4) is 0 Å². The lowest BCUT2D eigenvalue weighted by Gasteiger charge is -2.00. The van der Waals surface area contributed by atoms with Crippen molar-refractivity contribution >= 4 is 12.1 Å². The number of hydrogen-bond donors (Lipinski definition) is 3. The van der Waals surface area contributed by atoms with Gasteiger partial charge in [0.2, 0.25) is 0 Å². The van der Waals surface area contributed by atoms with E-state index in [-0.39, 0.29) is 17.4 Å². The SMILES string of the molecule is C/C=C(\C)C(=O)N/N=C\c1ccc(O)cc1O. The Bertz CT molecular complexity index is 479. The highest BCUT2D eigenvalue weighted by Crippen LogP contribution is 2.20. The molecule has 0 atom stereocenters. The van der Waals surface area contributed by atoms with Crippen LogP contribution in [0.4, 0.5) is 0 Å². The number of phenolic OH excluding ortho intramolecular Hbond substituents is 2. The molecule has 0 saturated carbocycles. The van der Waals surface area contributed by atoms with Crippen molar-refractivity contribution in [2.45, 2.75) is 13.8 Å². The number of carbonyl (C=O) groups excluding carboxylic acids is 1. The fraction of sp³-hybridized carbons (Fsp3) is 0.167. The number of benzene rings is 1. The van der Waals surface area contributed by atoms with Gasteiger partial charge in [0, 0.05) is 17.2 Å². The Kier molecular flexibility index (Phi) is 4.28. The molecular weight excluding hydrogens is 220 g/mol. The number of carbonyl (C=O) groups is 1. The molecule has 0 bridgehead atoms. The Morgan fingerprint density at radius 3 is 2.71 bits per heavy atom. The summed E-state index contributed by atoms with van der Waals surface area (Å²) in [5, 5.41) is 22.2. The van der Waals surface area contributed by atoms with Gasteiger partial charge in [-0.15, -0.1) is 0 Å². The highest BCUT2D eigenvalue weighted by molar-refractivity contribution is 5.93. The second-order valence-corrected chi connectivity index (χ2v) is 3.41. The molecule has 0 spiro atoms. The van der Waals surface area contributed by atoms with Gasteiger partial charge in [0.1, 0.15) is 11.5 Å². The summed E-state index contributed by atoms with van der Waals surface area (Å²) in [6, 6.07) is 4.10. The zero-order valence-electron chi connectivity index (χ0n) is 9.64. The van der Waals surface area contributed by atoms with Crippen molar-refractivity contribution in [3.05, 3.63) is 35.4 Å². The molecule has 3 N–H and O–H groups in total. The van der Waals surface area contributed by atoms with Crippen LogP contribution in [0.15, 0.2) is 34.9 Å². The maximum Gasteiger partial charge on any atom is 0.266 e. The third-order valence-electron chi connectivity index (χ3n) is 2.17. The van der Waals surface area contributed by atoms with Crippen molar-refractivity contribution in [3.8, 4) is 11.5 Å². The summed E-state index contributed by atoms with van der Waals surface area (Å²) < 4.78 is 0. The van der Waals surface area contributed by atoms with Gasteiger partial charge in [-0.1, -0.05) is 6.08 Å². The second kappa shape index (κ2) is 5.69. The zero-order chi connectivity index (χ0) is 12.8. The monoisotopic (exact) mass is 234 g/mol. The number of nitrogens with one attached hydrogen (secondary N) is 1. The van der Waals surface area contributed by atoms with E-state index in [0.717, 1.165) is 0 Å². The quantitative estimate of drug-likeness (QED) is 0.421. The molecule has 0 aliphatic carbocycles. The Hall–Kier alpha value is -2.30. The Morgan fingerprint density at radius 2 is 2.12 bits per heavy atom. The van der Waals surface area contributed by atoms with E-state index in [9.17, 15) is 9.90 Å². The number of nitrogens with zero attached hydrogens (tertiary/aromatic N) is 1. The lowest BCUT2D eigenvalue weighted by atomic mass is 10.2. The minimum atomic E-state index is -0.304. The molecule has 0 radical (unpaired) electrons. The predicted molar refractivity (Wildman–Crippen MR) is 64.9 cm³/mol. The summed E-state index contributed by atoms with van der Waals surface area (Å²) in [6.07, 6.45) is 2.97. The minimum Gasteiger partial charge on any atom is -0.508 e. The first-order valence-electron chi connectivity index (χ1n) is 5.03. The van der Waals surface area contributed by atoms with Gasteiger partial charge in [0.05, 0.1) is 6.21 Å². The molecule has 1 aromatic carbocycles. The van der Waals surface area contributed by atoms with E-state index in [4.69, 9.17) is 5.11 Å². The molecule has 0 aliphatic rings. The van der Waals surface area contributed by atoms with Gasteiger partial charge in [-0.2, -0.15) is 5.10 Å². The number of phenols is 2. The standard InChI is InChI=1S/C12H14N2O3/c1-3-8(2)12(17)14-13-7-9-4-5-10(15)6-11(9)16/h3-7,15-16H,1-2H3,(H,14,17)/b8-3+,13-7-. The molecule has 0 fully saturated rings. The third-order valence-corrected chi connectivity index (χ3v) is 2.17. The van der Waals surface area contributed by atoms with E-state index < -0.39 is 0 Å². The van der Waals surface area contributed by atoms with Crippen LogP contribution in [0.25, 0.3) is 0 Å². The van der Waals surface area contributed by atoms with Crippen molar-refractivity contribution in [1.29, 1.82) is 0 Å². The zero-order valence-corrected chi connectivity index (χ0v) is 9.64. The number of rotatable bonds is 3. The largest absolute Gasteiger partial charge is 0.508 e. The Balaban J connectivity index is 2.69. The molecule has 1 aromatic rings. The minimum absolute atomic E-state index is 0.0338. The lowest BCUT2D eigenvalue weighted by Crippen LogP contribution is -2.18. The van der Waals surface area contributed by atoms with Crippen LogP contribution in [0.1, 0.15) is 19.4 Å². The van der Waals surface area contributed by atoms with E-state index in [1.165, 1.54) is 24.4 Å². The first-order chi connectivity index (χ1) is 8.04. The van der Waals surface area contributed by atoms with Gasteiger partial charge in [0.25, 0.3) is 5.91 Å². The van der Waals surface area contributed by atoms with Crippen molar-refractivity contribution in [3.63, 3.8) is 0 Å². The van der Waals surface area contributed by atoms with E-state index in [2.05, 4.69) is 10.5 Å². The Labute approximate surface area is 99.1 Å². The average Bonchev–Trinajstić information content (AvgIpc) is 2.30. The molecule has 0 saturated heterocycles. The lowest BCUT2D eigenvalue weighted by molar-refractivity contribution is -0.117. The third kappa shape index (κ3) is 3.64. The molecule has 0 heterocycles. The van der Waals surface area contributed by atoms with Gasteiger partial charge in [-0.3, -0.25) is 4.79 Å². The van der Waals surface area contributed by atoms with Crippen LogP contribution in [-0.2, 0) is 4.79 Å². The van der Waals surface area contributed by atoms with Crippen LogP contribution in [0.2, 0.25) is 0 Å². The summed E-state index contributed by atoms with van der Waals surface area (Å²) in [5.74, 6) is -0.443. The van der Waals surface area contributed by atoms with Crippen LogP contribution in [0.5, 0.6) is 11.5 Å². The molecule has 0 aromatic heterocycles. The molecular formula is C12H14N2O3. The van der Waals surface area contributed by atoms with Crippen molar-refractivity contribution in [2.24, 2.45) is 5.10 Å². The summed E-state index contributed by atoms with van der Waals surface area (Å²) in [4.78, 5) is 11.3. The normalized spacial score (nSPS) is 11.8. The fourth-order valence-corrected chi connectivity index (χ4v) is 1.02. The van der Waals surface area contributed by atoms with Crippen molar-refractivity contribution < 1.29 is 15.0 Å². The summed E-state index contributed by atoms with van der Waals surface area (Å²) >= 11 is 0. The van der Waals surface area contributed by atoms with Crippen molar-refractivity contribution in [2.75, 3.05) is 0 Å². The number of aromatic hydroxyl groups is 2. The summed E-state index contributed by atoms with van der Waals surface area (Å²) in [7, 11) is 0. The summed E-state index contributed by atoms with van der Waals surface area (Å²) in [6.45, 7) is 3.42. The van der Waals surface area contributed by atoms with E-state index in [1.807, 2.05) is 0 Å². The molecule has 0 unspecified atom stereocenters. The van der Waals surface area contributed by atoms with Crippen LogP contribution < -0.4 is 5.43 Å². The highest BCUT2D eigenvalue weighted by atomic mass is 16.3. The van der Waals surface area contributed by atoms with Gasteiger partial charge in [-0.25, -0.2) is 5.43 Å². The number of hydrazone groups is 1. The van der Waals surface area contributed by atoms with Crippen LogP contribution in [-0.4, -0.2) is 22.3 Å². The first-order valence-corrected chi connectivity index (χ1v) is 5.03. The molecule has 1 rings (SSSR count). The predicted octanol–water partition coefficient (Wildman–Crippen LogP) is 1.51. The Morgan fingerprint density at radius 1 is 1.41 bits per heavy atom. The average molecular weight is 234 g/mol. The number of amides is 1. The number of allylic oxidation sites excluding steroid dienone is 1. The van der Waals surface area contributed by atoms with Crippen LogP contribution >= 0.6 is 0 Å². The maximum absolute atomic E-state index is 11.3. The van der Waals surface area contributed by atoms with Crippen molar-refractivity contribution in [1.82, 2.24) is 5.43 Å². The fourth-order valence-electron chi connectivity index (χ4n) is 1.02. The molecule has 1 amide bonds. The highest BCUT2D eigenvalue weighted by Gasteiger charge is 2.01. The maximum atomic E-state index is 11.3. The van der Waals surface area contributed by atoms with Gasteiger partial charge < -0.3 is 10.2 Å². The van der Waals surface area contributed by atoms with E-state index in [0.29, 0.717) is 11.1 Å². The molecule has 5 heteroatoms. The number of hydrogen-bond acceptors (Lipinski definition) is 4. The molecule has 5 nitrogen and oxygen atoms in total. The smallest absolute Gasteiger partial charge is 0.266 e. The topological polar surface area (TPSA) is 81.9 Å². The van der Waals surface area contributed by atoms with Gasteiger partial charge in [0.15, 0.2) is 0 Å².